The molecule has 2 nitrogen and oxygen atoms in total. The van der Waals surface area contributed by atoms with Crippen molar-refractivity contribution in [1.82, 2.24) is 10.3 Å². The number of nitrogens with one attached hydrogen (secondary N) is 1. The Labute approximate surface area is 88.5 Å². The van der Waals surface area contributed by atoms with Gasteiger partial charge in [0.25, 0.3) is 0 Å². The fourth-order valence-electron chi connectivity index (χ4n) is 1.36. The van der Waals surface area contributed by atoms with Crippen LogP contribution in [0.25, 0.3) is 0 Å². The normalized spacial score (nSPS) is 16.2. The zero-order valence-electron chi connectivity index (χ0n) is 7.32. The Kier molecular flexibility index (Phi) is 4.42. The first kappa shape index (κ1) is 10.7. The molecule has 13 heavy (non-hydrogen) atoms. The first-order valence-corrected chi connectivity index (χ1v) is 5.10. The third-order valence-corrected chi connectivity index (χ3v) is 2.80. The predicted molar refractivity (Wildman–Crippen MR) is 58.6 cm³/mol. The van der Waals surface area contributed by atoms with Gasteiger partial charge < -0.3 is 5.32 Å². The third kappa shape index (κ3) is 3.10. The molecule has 0 atom stereocenters. The molecular weight excluding hydrogens is 204 g/mol. The topological polar surface area (TPSA) is 24.9 Å². The summed E-state index contributed by atoms with van der Waals surface area (Å²) in [6, 6.07) is 0. The minimum absolute atomic E-state index is 0. The number of aromatic nitrogens is 1. The largest absolute Gasteiger partial charge is 0.313 e. The Morgan fingerprint density at radius 1 is 1.54 bits per heavy atom. The van der Waals surface area contributed by atoms with E-state index in [-0.39, 0.29) is 12.4 Å². The van der Waals surface area contributed by atoms with Gasteiger partial charge in [-0.1, -0.05) is 11.6 Å². The number of rotatable bonds is 2. The molecule has 1 aliphatic rings. The van der Waals surface area contributed by atoms with Gasteiger partial charge in [-0.2, -0.15) is 0 Å². The van der Waals surface area contributed by atoms with Gasteiger partial charge in [0.1, 0.15) is 0 Å². The maximum Gasteiger partial charge on any atom is 0.0965 e. The first-order chi connectivity index (χ1) is 5.95. The molecule has 2 heterocycles. The van der Waals surface area contributed by atoms with Gasteiger partial charge in [0, 0.05) is 24.5 Å². The molecule has 0 bridgehead atoms. The third-order valence-electron chi connectivity index (χ3n) is 2.02. The predicted octanol–water partition coefficient (Wildman–Crippen LogP) is 2.03. The van der Waals surface area contributed by atoms with Crippen molar-refractivity contribution in [2.45, 2.75) is 12.8 Å². The van der Waals surface area contributed by atoms with Crippen molar-refractivity contribution in [1.29, 1.82) is 0 Å². The van der Waals surface area contributed by atoms with E-state index >= 15 is 0 Å². The molecule has 1 aromatic rings. The quantitative estimate of drug-likeness (QED) is 0.766. The number of halogens is 1. The highest BCUT2D eigenvalue weighted by Crippen LogP contribution is 2.14. The van der Waals surface area contributed by atoms with E-state index in [1.807, 2.05) is 11.6 Å². The Bertz CT molecular complexity index is 269. The summed E-state index contributed by atoms with van der Waals surface area (Å²) >= 11 is 1.74. The number of nitrogens with zero attached hydrogens (tertiary/aromatic N) is 1. The van der Waals surface area contributed by atoms with Crippen LogP contribution in [0, 0.1) is 0 Å². The molecule has 72 valence electrons. The van der Waals surface area contributed by atoms with Gasteiger partial charge in [0.2, 0.25) is 0 Å². The van der Waals surface area contributed by atoms with Crippen LogP contribution in [0.1, 0.15) is 11.4 Å². The fraction of sp³-hybridized carbons (Fsp3) is 0.444. The molecule has 0 fully saturated rings. The van der Waals surface area contributed by atoms with Crippen molar-refractivity contribution in [2.75, 3.05) is 13.1 Å². The smallest absolute Gasteiger partial charge is 0.0965 e. The molecule has 0 saturated heterocycles. The van der Waals surface area contributed by atoms with E-state index in [2.05, 4.69) is 16.4 Å². The van der Waals surface area contributed by atoms with Crippen molar-refractivity contribution in [3.8, 4) is 0 Å². The molecule has 1 aromatic heterocycles. The fourth-order valence-corrected chi connectivity index (χ4v) is 2.03. The Morgan fingerprint density at radius 2 is 2.46 bits per heavy atom. The van der Waals surface area contributed by atoms with E-state index in [0.29, 0.717) is 0 Å². The standard InChI is InChI=1S/C9H12N2S.ClH/c1-3-10-4-2-8(1)7-9-11-5-6-12-9;/h1,5-6,10H,2-4,7H2;1H. The Hall–Kier alpha value is -0.380. The maximum atomic E-state index is 4.27. The van der Waals surface area contributed by atoms with Crippen LogP contribution in [0.5, 0.6) is 0 Å². The van der Waals surface area contributed by atoms with Crippen molar-refractivity contribution >= 4 is 23.7 Å². The molecule has 0 aliphatic carbocycles. The second-order valence-corrected chi connectivity index (χ2v) is 3.90. The van der Waals surface area contributed by atoms with Crippen molar-refractivity contribution < 1.29 is 0 Å². The number of hydrogen-bond acceptors (Lipinski definition) is 3. The number of thiazole rings is 1. The van der Waals surface area contributed by atoms with Crippen LogP contribution in [-0.4, -0.2) is 18.1 Å². The average Bonchev–Trinajstić information content (AvgIpc) is 2.59. The Morgan fingerprint density at radius 3 is 3.08 bits per heavy atom. The van der Waals surface area contributed by atoms with Crippen LogP contribution >= 0.6 is 23.7 Å². The van der Waals surface area contributed by atoms with Gasteiger partial charge >= 0.3 is 0 Å². The van der Waals surface area contributed by atoms with Crippen LogP contribution in [0.15, 0.2) is 23.2 Å². The summed E-state index contributed by atoms with van der Waals surface area (Å²) in [5.74, 6) is 0. The SMILES string of the molecule is C1=C(Cc2nccs2)CCNC1.Cl. The van der Waals surface area contributed by atoms with Crippen LogP contribution in [0.4, 0.5) is 0 Å². The summed E-state index contributed by atoms with van der Waals surface area (Å²) in [6.07, 6.45) is 6.39. The van der Waals surface area contributed by atoms with Gasteiger partial charge in [-0.15, -0.1) is 23.7 Å². The lowest BCUT2D eigenvalue weighted by Crippen LogP contribution is -2.21. The van der Waals surface area contributed by atoms with Gasteiger partial charge in [-0.05, 0) is 13.0 Å². The van der Waals surface area contributed by atoms with Crippen molar-refractivity contribution in [2.24, 2.45) is 0 Å². The van der Waals surface area contributed by atoms with Crippen molar-refractivity contribution in [3.63, 3.8) is 0 Å². The van der Waals surface area contributed by atoms with E-state index in [0.717, 1.165) is 19.5 Å². The Balaban J connectivity index is 0.000000845. The molecule has 4 heteroatoms. The van der Waals surface area contributed by atoms with E-state index in [1.54, 1.807) is 11.3 Å². The molecule has 0 unspecified atom stereocenters. The summed E-state index contributed by atoms with van der Waals surface area (Å²) < 4.78 is 0. The van der Waals surface area contributed by atoms with Crippen LogP contribution in [0.2, 0.25) is 0 Å². The lowest BCUT2D eigenvalue weighted by molar-refractivity contribution is 0.691. The van der Waals surface area contributed by atoms with Gasteiger partial charge in [-0.3, -0.25) is 0 Å². The van der Waals surface area contributed by atoms with E-state index in [1.165, 1.54) is 17.0 Å². The van der Waals surface area contributed by atoms with Gasteiger partial charge in [0.05, 0.1) is 5.01 Å². The molecular formula is C9H13ClN2S. The zero-order chi connectivity index (χ0) is 8.23. The van der Waals surface area contributed by atoms with E-state index in [4.69, 9.17) is 0 Å². The van der Waals surface area contributed by atoms with Crippen LogP contribution < -0.4 is 5.32 Å². The summed E-state index contributed by atoms with van der Waals surface area (Å²) in [5, 5.41) is 6.58. The highest BCUT2D eigenvalue weighted by atomic mass is 35.5. The monoisotopic (exact) mass is 216 g/mol. The molecule has 2 rings (SSSR count). The summed E-state index contributed by atoms with van der Waals surface area (Å²) in [4.78, 5) is 4.27. The van der Waals surface area contributed by atoms with Gasteiger partial charge in [-0.25, -0.2) is 4.98 Å². The highest BCUT2D eigenvalue weighted by Gasteiger charge is 2.04. The molecule has 0 radical (unpaired) electrons. The zero-order valence-corrected chi connectivity index (χ0v) is 8.96. The second kappa shape index (κ2) is 5.37. The van der Waals surface area contributed by atoms with Gasteiger partial charge in [0.15, 0.2) is 0 Å². The molecule has 1 aliphatic heterocycles. The van der Waals surface area contributed by atoms with E-state index < -0.39 is 0 Å². The van der Waals surface area contributed by atoms with Crippen LogP contribution in [0.3, 0.4) is 0 Å². The molecule has 1 N–H and O–H groups in total. The molecule has 0 aromatic carbocycles. The first-order valence-electron chi connectivity index (χ1n) is 4.22. The molecule has 0 saturated carbocycles. The van der Waals surface area contributed by atoms with Crippen molar-refractivity contribution in [3.05, 3.63) is 28.2 Å². The summed E-state index contributed by atoms with van der Waals surface area (Å²) in [5.41, 5.74) is 1.53. The summed E-state index contributed by atoms with van der Waals surface area (Å²) in [6.45, 7) is 2.15. The van der Waals surface area contributed by atoms with Crippen LogP contribution in [-0.2, 0) is 6.42 Å². The average molecular weight is 217 g/mol. The number of hydrogen-bond donors (Lipinski definition) is 1. The summed E-state index contributed by atoms with van der Waals surface area (Å²) in [7, 11) is 0. The van der Waals surface area contributed by atoms with E-state index in [9.17, 15) is 0 Å². The minimum atomic E-state index is 0. The second-order valence-electron chi connectivity index (χ2n) is 2.92. The lowest BCUT2D eigenvalue weighted by Gasteiger charge is -2.12. The molecule has 0 amide bonds. The lowest BCUT2D eigenvalue weighted by atomic mass is 10.1. The maximum absolute atomic E-state index is 4.27. The molecule has 0 spiro atoms. The minimum Gasteiger partial charge on any atom is -0.313 e. The highest BCUT2D eigenvalue weighted by molar-refractivity contribution is 7.09.